The molecular formula is C19H23ClN6O3. The highest BCUT2D eigenvalue weighted by atomic mass is 35.5. The number of piperidine rings is 1. The lowest BCUT2D eigenvalue weighted by molar-refractivity contribution is -0.151. The maximum Gasteiger partial charge on any atom is 0.311 e. The second kappa shape index (κ2) is 9.04. The molecule has 0 saturated carbocycles. The fourth-order valence-electron chi connectivity index (χ4n) is 3.07. The van der Waals surface area contributed by atoms with Crippen molar-refractivity contribution >= 4 is 35.4 Å². The molecule has 2 N–H and O–H groups in total. The average molecular weight is 419 g/mol. The zero-order valence-corrected chi connectivity index (χ0v) is 17.1. The van der Waals surface area contributed by atoms with Gasteiger partial charge in [0, 0.05) is 37.8 Å². The van der Waals surface area contributed by atoms with Gasteiger partial charge in [-0.25, -0.2) is 0 Å². The minimum Gasteiger partial charge on any atom is -0.457 e. The molecule has 1 aromatic carbocycles. The highest BCUT2D eigenvalue weighted by Gasteiger charge is 2.30. The van der Waals surface area contributed by atoms with Crippen LogP contribution < -0.4 is 10.6 Å². The highest BCUT2D eigenvalue weighted by molar-refractivity contribution is 6.30. The number of amides is 1. The molecule has 1 aliphatic rings. The number of hydrogen-bond acceptors (Lipinski definition) is 8. The van der Waals surface area contributed by atoms with Crippen LogP contribution in [0.25, 0.3) is 0 Å². The molecule has 0 spiro atoms. The number of hydrogen-bond donors (Lipinski definition) is 1. The van der Waals surface area contributed by atoms with Gasteiger partial charge in [-0.15, -0.1) is 0 Å². The Morgan fingerprint density at radius 2 is 1.97 bits per heavy atom. The van der Waals surface area contributed by atoms with Crippen LogP contribution >= 0.6 is 11.6 Å². The minimum atomic E-state index is -0.396. The summed E-state index contributed by atoms with van der Waals surface area (Å²) in [6, 6.07) is 6.71. The van der Waals surface area contributed by atoms with Crippen LogP contribution in [0.15, 0.2) is 24.3 Å². The molecule has 1 aliphatic heterocycles. The van der Waals surface area contributed by atoms with Crippen LogP contribution in [0, 0.1) is 5.92 Å². The van der Waals surface area contributed by atoms with Crippen molar-refractivity contribution in [3.8, 4) is 0 Å². The van der Waals surface area contributed by atoms with E-state index in [4.69, 9.17) is 22.1 Å². The smallest absolute Gasteiger partial charge is 0.311 e. The van der Waals surface area contributed by atoms with Gasteiger partial charge in [0.15, 0.2) is 12.4 Å². The summed E-state index contributed by atoms with van der Waals surface area (Å²) in [5.41, 5.74) is 6.22. The van der Waals surface area contributed by atoms with E-state index < -0.39 is 5.92 Å². The molecule has 10 heteroatoms. The summed E-state index contributed by atoms with van der Waals surface area (Å²) in [5, 5.41) is 0.568. The number of ether oxygens (including phenoxy) is 1. The molecule has 3 rings (SSSR count). The van der Waals surface area contributed by atoms with Gasteiger partial charge in [-0.05, 0) is 37.1 Å². The van der Waals surface area contributed by atoms with E-state index in [-0.39, 0.29) is 30.3 Å². The van der Waals surface area contributed by atoms with Gasteiger partial charge < -0.3 is 20.3 Å². The number of halogens is 1. The van der Waals surface area contributed by atoms with Gasteiger partial charge in [0.05, 0.1) is 5.92 Å². The molecule has 1 atom stereocenters. The van der Waals surface area contributed by atoms with Crippen LogP contribution in [0.5, 0.6) is 0 Å². The van der Waals surface area contributed by atoms with Gasteiger partial charge in [0.25, 0.3) is 5.91 Å². The first-order valence-electron chi connectivity index (χ1n) is 9.22. The molecule has 1 aromatic heterocycles. The molecule has 0 radical (unpaired) electrons. The third-order valence-electron chi connectivity index (χ3n) is 4.56. The van der Waals surface area contributed by atoms with E-state index in [1.54, 1.807) is 48.2 Å². The van der Waals surface area contributed by atoms with E-state index in [0.717, 1.165) is 6.42 Å². The summed E-state index contributed by atoms with van der Waals surface area (Å²) in [4.78, 5) is 40.8. The van der Waals surface area contributed by atoms with Gasteiger partial charge in [0.1, 0.15) is 0 Å². The number of benzene rings is 1. The van der Waals surface area contributed by atoms with Crippen LogP contribution in [0.4, 0.5) is 11.9 Å². The van der Waals surface area contributed by atoms with Crippen molar-refractivity contribution in [2.75, 3.05) is 37.8 Å². The lowest BCUT2D eigenvalue weighted by Gasteiger charge is -2.31. The second-order valence-electron chi connectivity index (χ2n) is 7.01. The zero-order valence-electron chi connectivity index (χ0n) is 16.3. The van der Waals surface area contributed by atoms with Gasteiger partial charge in [-0.3, -0.25) is 9.59 Å². The summed E-state index contributed by atoms with van der Waals surface area (Å²) in [6.07, 6.45) is 1.38. The van der Waals surface area contributed by atoms with Crippen LogP contribution in [0.3, 0.4) is 0 Å². The third-order valence-corrected chi connectivity index (χ3v) is 4.82. The molecule has 2 aromatic rings. The lowest BCUT2D eigenvalue weighted by atomic mass is 9.97. The zero-order chi connectivity index (χ0) is 21.0. The van der Waals surface area contributed by atoms with Crippen molar-refractivity contribution in [2.45, 2.75) is 19.4 Å². The van der Waals surface area contributed by atoms with E-state index in [9.17, 15) is 9.59 Å². The number of esters is 1. The fraction of sp³-hybridized carbons (Fsp3) is 0.421. The predicted octanol–water partition coefficient (Wildman–Crippen LogP) is 1.77. The molecule has 9 nitrogen and oxygen atoms in total. The van der Waals surface area contributed by atoms with E-state index in [1.807, 2.05) is 0 Å². The standard InChI is InChI=1S/C19H23ClN6O3/c1-25(2)19-23-15(22-18(21)24-19)11-29-17(28)13-4-3-9-26(10-13)16(27)12-5-7-14(20)8-6-12/h5-8,13H,3-4,9-11H2,1-2H3,(H2,21,22,23,24)/t13-/m1/s1. The average Bonchev–Trinajstić information content (AvgIpc) is 2.71. The molecule has 154 valence electrons. The number of nitrogen functional groups attached to an aromatic ring is 1. The van der Waals surface area contributed by atoms with E-state index in [0.29, 0.717) is 36.0 Å². The maximum absolute atomic E-state index is 12.7. The molecule has 0 unspecified atom stereocenters. The first-order chi connectivity index (χ1) is 13.8. The third kappa shape index (κ3) is 5.32. The Morgan fingerprint density at radius 1 is 1.24 bits per heavy atom. The van der Waals surface area contributed by atoms with Gasteiger partial charge in [-0.2, -0.15) is 15.0 Å². The second-order valence-corrected chi connectivity index (χ2v) is 7.45. The number of nitrogens with zero attached hydrogens (tertiary/aromatic N) is 5. The van der Waals surface area contributed by atoms with Crippen molar-refractivity contribution in [3.05, 3.63) is 40.7 Å². The number of carbonyl (C=O) groups is 2. The summed E-state index contributed by atoms with van der Waals surface area (Å²) < 4.78 is 5.39. The minimum absolute atomic E-state index is 0.0622. The number of nitrogens with two attached hydrogens (primary N) is 1. The van der Waals surface area contributed by atoms with E-state index in [1.165, 1.54) is 0 Å². The summed E-state index contributed by atoms with van der Waals surface area (Å²) in [6.45, 7) is 0.804. The number of anilines is 2. The number of likely N-dealkylation sites (tertiary alicyclic amines) is 1. The topological polar surface area (TPSA) is 115 Å². The Bertz CT molecular complexity index is 890. The van der Waals surface area contributed by atoms with Crippen molar-refractivity contribution in [1.82, 2.24) is 19.9 Å². The molecule has 1 amide bonds. The first kappa shape index (κ1) is 20.8. The van der Waals surface area contributed by atoms with E-state index in [2.05, 4.69) is 15.0 Å². The molecule has 0 bridgehead atoms. The molecular weight excluding hydrogens is 396 g/mol. The SMILES string of the molecule is CN(C)c1nc(N)nc(COC(=O)[C@@H]2CCCN(C(=O)c3ccc(Cl)cc3)C2)n1. The Kier molecular flexibility index (Phi) is 6.48. The quantitative estimate of drug-likeness (QED) is 0.730. The van der Waals surface area contributed by atoms with Crippen molar-refractivity contribution < 1.29 is 14.3 Å². The lowest BCUT2D eigenvalue weighted by Crippen LogP contribution is -2.42. The molecule has 1 fully saturated rings. The molecule has 2 heterocycles. The van der Waals surface area contributed by atoms with Crippen LogP contribution in [-0.2, 0) is 16.1 Å². The largest absolute Gasteiger partial charge is 0.457 e. The monoisotopic (exact) mass is 418 g/mol. The van der Waals surface area contributed by atoms with Crippen LogP contribution in [0.1, 0.15) is 29.0 Å². The van der Waals surface area contributed by atoms with Gasteiger partial charge in [-0.1, -0.05) is 11.6 Å². The van der Waals surface area contributed by atoms with Crippen molar-refractivity contribution in [1.29, 1.82) is 0 Å². The first-order valence-corrected chi connectivity index (χ1v) is 9.60. The highest BCUT2D eigenvalue weighted by Crippen LogP contribution is 2.21. The van der Waals surface area contributed by atoms with Gasteiger partial charge >= 0.3 is 5.97 Å². The van der Waals surface area contributed by atoms with Crippen LogP contribution in [0.2, 0.25) is 5.02 Å². The maximum atomic E-state index is 12.7. The predicted molar refractivity (Wildman–Crippen MR) is 108 cm³/mol. The fourth-order valence-corrected chi connectivity index (χ4v) is 3.20. The molecule has 0 aliphatic carbocycles. The molecule has 1 saturated heterocycles. The molecule has 29 heavy (non-hydrogen) atoms. The van der Waals surface area contributed by atoms with E-state index >= 15 is 0 Å². The Balaban J connectivity index is 1.60. The Morgan fingerprint density at radius 3 is 2.66 bits per heavy atom. The Hall–Kier alpha value is -2.94. The summed E-state index contributed by atoms with van der Waals surface area (Å²) in [5.74, 6) is -0.177. The van der Waals surface area contributed by atoms with Crippen molar-refractivity contribution in [2.24, 2.45) is 5.92 Å². The van der Waals surface area contributed by atoms with Crippen LogP contribution in [-0.4, -0.2) is 58.9 Å². The van der Waals surface area contributed by atoms with Gasteiger partial charge in [0.2, 0.25) is 11.9 Å². The summed E-state index contributed by atoms with van der Waals surface area (Å²) >= 11 is 5.88. The normalized spacial score (nSPS) is 16.4. The number of aromatic nitrogens is 3. The number of rotatable bonds is 5. The summed E-state index contributed by atoms with van der Waals surface area (Å²) in [7, 11) is 3.55. The van der Waals surface area contributed by atoms with Crippen molar-refractivity contribution in [3.63, 3.8) is 0 Å². The number of carbonyl (C=O) groups excluding carboxylic acids is 2. The Labute approximate surface area is 173 Å².